The number of fused-ring (bicyclic) bond motifs is 7. The molecule has 5 aromatic rings. The van der Waals surface area contributed by atoms with Gasteiger partial charge in [0.25, 0.3) is 0 Å². The Labute approximate surface area is 255 Å². The van der Waals surface area contributed by atoms with Crippen molar-refractivity contribution >= 4 is 49.4 Å². The molecule has 24 heteroatoms. The highest BCUT2D eigenvalue weighted by Crippen LogP contribution is 2.53. The molecule has 8 rings (SSSR count). The maximum atomic E-state index is 13.2. The van der Waals surface area contributed by atoms with Crippen molar-refractivity contribution in [3.8, 4) is 0 Å². The molecule has 0 aliphatic carbocycles. The van der Waals surface area contributed by atoms with Crippen molar-refractivity contribution in [2.24, 2.45) is 0 Å². The Morgan fingerprint density at radius 2 is 1.39 bits per heavy atom. The topological polar surface area (TPSA) is 288 Å². The SMILES string of the molecule is Nc1ncnc2c1ncn2[C@@H]1O[C@@H]2COP(=O)(O)O[C@H]3[C@@H](O)[C@H](n4cnc5c4ncn4ccnc54)O[C@@H]3COP(=O)(O)O[C@@H]1[C@@H]2O. The number of ether oxygens (including phenoxy) is 2. The Kier molecular flexibility index (Phi) is 6.99. The molecule has 3 aliphatic rings. The second-order valence-corrected chi connectivity index (χ2v) is 13.4. The van der Waals surface area contributed by atoms with Crippen molar-refractivity contribution in [1.29, 1.82) is 0 Å². The zero-order valence-electron chi connectivity index (χ0n) is 23.0. The fourth-order valence-corrected chi connectivity index (χ4v) is 7.60. The first-order chi connectivity index (χ1) is 22.0. The summed E-state index contributed by atoms with van der Waals surface area (Å²) in [5.41, 5.74) is 7.29. The number of nitrogens with two attached hydrogens (primary N) is 1. The lowest BCUT2D eigenvalue weighted by molar-refractivity contribution is -0.0672. The van der Waals surface area contributed by atoms with Crippen LogP contribution in [0.2, 0.25) is 0 Å². The third-order valence-corrected chi connectivity index (χ3v) is 9.79. The standard InChI is InChI=1S/C22H24N10O12P2/c23-17-11-19(26-5-25-17)32(7-27-11)22-16-13(33)9(41-22)3-39-45(35,36)43-15-10(4-40-46(37,38)44-16)42-21(14(15)34)31-8-28-12-18-24-1-2-30(18)6-29-20(12)31/h1-2,5-10,13-16,21-22,33-34H,3-4H2,(H,35,36)(H,37,38)(H2,23,25,26)/t9-,10-,13-,14-,15-,16-,21-,22-/m1/s1. The molecule has 0 spiro atoms. The number of hydrogen-bond donors (Lipinski definition) is 5. The van der Waals surface area contributed by atoms with Gasteiger partial charge in [-0.1, -0.05) is 0 Å². The summed E-state index contributed by atoms with van der Waals surface area (Å²) in [6.07, 6.45) is -3.68. The minimum atomic E-state index is -5.05. The molecule has 0 radical (unpaired) electrons. The average molecular weight is 682 g/mol. The van der Waals surface area contributed by atoms with Crippen molar-refractivity contribution in [2.45, 2.75) is 49.1 Å². The number of nitrogens with zero attached hydrogens (tertiary/aromatic N) is 9. The molecule has 3 aliphatic heterocycles. The molecular weight excluding hydrogens is 658 g/mol. The van der Waals surface area contributed by atoms with Crippen LogP contribution in [0.25, 0.3) is 28.0 Å². The van der Waals surface area contributed by atoms with Gasteiger partial charge in [-0.3, -0.25) is 31.6 Å². The molecule has 0 amide bonds. The van der Waals surface area contributed by atoms with Crippen molar-refractivity contribution in [3.63, 3.8) is 0 Å². The highest BCUT2D eigenvalue weighted by atomic mass is 31.2. The molecule has 2 bridgehead atoms. The lowest BCUT2D eigenvalue weighted by Crippen LogP contribution is -2.36. The number of anilines is 1. The first kappa shape index (κ1) is 29.9. The summed E-state index contributed by atoms with van der Waals surface area (Å²) in [5.74, 6) is 0.0391. The van der Waals surface area contributed by atoms with Crippen LogP contribution in [-0.4, -0.2) is 113 Å². The maximum Gasteiger partial charge on any atom is 0.472 e. The summed E-state index contributed by atoms with van der Waals surface area (Å²) in [6, 6.07) is 0. The van der Waals surface area contributed by atoms with Crippen LogP contribution in [0.1, 0.15) is 12.5 Å². The van der Waals surface area contributed by atoms with E-state index >= 15 is 0 Å². The molecule has 3 saturated heterocycles. The number of hydrogen-bond acceptors (Lipinski definition) is 17. The van der Waals surface area contributed by atoms with E-state index in [1.54, 1.807) is 16.8 Å². The number of aliphatic hydroxyl groups excluding tert-OH is 2. The van der Waals surface area contributed by atoms with E-state index in [0.717, 1.165) is 6.33 Å². The van der Waals surface area contributed by atoms with E-state index in [0.29, 0.717) is 11.2 Å². The Morgan fingerprint density at radius 3 is 2.17 bits per heavy atom. The summed E-state index contributed by atoms with van der Waals surface area (Å²) in [4.78, 5) is 46.4. The minimum absolute atomic E-state index is 0.0391. The minimum Gasteiger partial charge on any atom is -0.387 e. The summed E-state index contributed by atoms with van der Waals surface area (Å²) in [7, 11) is -10.1. The number of nitrogen functional groups attached to an aromatic ring is 1. The molecule has 2 unspecified atom stereocenters. The molecule has 0 aromatic carbocycles. The van der Waals surface area contributed by atoms with Gasteiger partial charge in [0.15, 0.2) is 40.7 Å². The Bertz CT molecular complexity index is 2060. The van der Waals surface area contributed by atoms with Crippen molar-refractivity contribution in [1.82, 2.24) is 43.4 Å². The number of rotatable bonds is 2. The van der Waals surface area contributed by atoms with E-state index in [1.807, 2.05) is 0 Å². The van der Waals surface area contributed by atoms with Crippen LogP contribution in [-0.2, 0) is 36.7 Å². The molecule has 6 N–H and O–H groups in total. The van der Waals surface area contributed by atoms with Crippen LogP contribution in [0, 0.1) is 0 Å². The largest absolute Gasteiger partial charge is 0.472 e. The van der Waals surface area contributed by atoms with Crippen LogP contribution in [0.5, 0.6) is 0 Å². The second-order valence-electron chi connectivity index (χ2n) is 10.6. The zero-order valence-corrected chi connectivity index (χ0v) is 24.8. The summed E-state index contributed by atoms with van der Waals surface area (Å²) in [5, 5.41) is 22.3. The van der Waals surface area contributed by atoms with E-state index in [9.17, 15) is 29.1 Å². The van der Waals surface area contributed by atoms with Gasteiger partial charge in [-0.25, -0.2) is 39.0 Å². The van der Waals surface area contributed by atoms with Gasteiger partial charge in [0, 0.05) is 12.4 Å². The summed E-state index contributed by atoms with van der Waals surface area (Å²) in [6.45, 7) is -1.54. The van der Waals surface area contributed by atoms with E-state index < -0.39 is 77.9 Å². The third-order valence-electron chi connectivity index (χ3n) is 7.82. The molecule has 3 fully saturated rings. The fraction of sp³-hybridized carbons (Fsp3) is 0.455. The Morgan fingerprint density at radius 1 is 0.739 bits per heavy atom. The lowest BCUT2D eigenvalue weighted by atomic mass is 10.1. The van der Waals surface area contributed by atoms with Crippen LogP contribution >= 0.6 is 15.6 Å². The number of aliphatic hydroxyl groups is 2. The fourth-order valence-electron chi connectivity index (χ4n) is 5.70. The molecule has 46 heavy (non-hydrogen) atoms. The van der Waals surface area contributed by atoms with Gasteiger partial charge >= 0.3 is 15.6 Å². The molecule has 10 atom stereocenters. The number of imidazole rings is 3. The van der Waals surface area contributed by atoms with Gasteiger partial charge in [-0.05, 0) is 0 Å². The predicted molar refractivity (Wildman–Crippen MR) is 147 cm³/mol. The maximum absolute atomic E-state index is 13.2. The van der Waals surface area contributed by atoms with Gasteiger partial charge in [-0.2, -0.15) is 0 Å². The van der Waals surface area contributed by atoms with E-state index in [2.05, 4.69) is 29.9 Å². The van der Waals surface area contributed by atoms with Gasteiger partial charge in [0.2, 0.25) is 0 Å². The predicted octanol–water partition coefficient (Wildman–Crippen LogP) is -0.964. The quantitative estimate of drug-likeness (QED) is 0.140. The van der Waals surface area contributed by atoms with Gasteiger partial charge in [0.1, 0.15) is 54.8 Å². The monoisotopic (exact) mass is 682 g/mol. The second kappa shape index (κ2) is 10.8. The molecule has 244 valence electrons. The smallest absolute Gasteiger partial charge is 0.387 e. The lowest BCUT2D eigenvalue weighted by Gasteiger charge is -2.25. The summed E-state index contributed by atoms with van der Waals surface area (Å²) < 4.78 is 63.5. The van der Waals surface area contributed by atoms with Gasteiger partial charge < -0.3 is 35.2 Å². The highest BCUT2D eigenvalue weighted by molar-refractivity contribution is 7.47. The van der Waals surface area contributed by atoms with Crippen molar-refractivity contribution < 1.29 is 56.7 Å². The third kappa shape index (κ3) is 4.91. The van der Waals surface area contributed by atoms with Gasteiger partial charge in [-0.15, -0.1) is 0 Å². The van der Waals surface area contributed by atoms with Gasteiger partial charge in [0.05, 0.1) is 25.9 Å². The molecule has 5 aromatic heterocycles. The number of phosphoric acid groups is 2. The average Bonchev–Trinajstić information content (AvgIpc) is 3.83. The molecule has 22 nitrogen and oxygen atoms in total. The van der Waals surface area contributed by atoms with Crippen LogP contribution < -0.4 is 5.73 Å². The van der Waals surface area contributed by atoms with Crippen LogP contribution in [0.4, 0.5) is 5.82 Å². The van der Waals surface area contributed by atoms with Crippen LogP contribution in [0.15, 0.2) is 37.7 Å². The zero-order chi connectivity index (χ0) is 32.0. The molecular formula is C22H24N10O12P2. The molecule has 0 saturated carbocycles. The number of phosphoric ester groups is 2. The number of aromatic nitrogens is 9. The normalized spacial score (nSPS) is 37.3. The summed E-state index contributed by atoms with van der Waals surface area (Å²) >= 11 is 0. The van der Waals surface area contributed by atoms with E-state index in [1.165, 1.54) is 28.1 Å². The first-order valence-corrected chi connectivity index (χ1v) is 16.5. The van der Waals surface area contributed by atoms with Crippen molar-refractivity contribution in [3.05, 3.63) is 37.7 Å². The van der Waals surface area contributed by atoms with Crippen LogP contribution in [0.3, 0.4) is 0 Å². The van der Waals surface area contributed by atoms with E-state index in [4.69, 9.17) is 33.3 Å². The first-order valence-electron chi connectivity index (χ1n) is 13.6. The van der Waals surface area contributed by atoms with Crippen molar-refractivity contribution in [2.75, 3.05) is 18.9 Å². The highest BCUT2D eigenvalue weighted by Gasteiger charge is 2.54. The molecule has 8 heterocycles. The Hall–Kier alpha value is -3.50. The van der Waals surface area contributed by atoms with E-state index in [-0.39, 0.29) is 22.6 Å². The Balaban J connectivity index is 1.11.